The molecule has 1 aromatic heterocycles. The van der Waals surface area contributed by atoms with Crippen molar-refractivity contribution in [1.29, 1.82) is 0 Å². The molecule has 2 unspecified atom stereocenters. The number of aromatic nitrogens is 2. The first-order chi connectivity index (χ1) is 16.4. The Morgan fingerprint density at radius 3 is 2.44 bits per heavy atom. The van der Waals surface area contributed by atoms with Gasteiger partial charge >= 0.3 is 0 Å². The van der Waals surface area contributed by atoms with Crippen molar-refractivity contribution in [3.05, 3.63) is 89.0 Å². The van der Waals surface area contributed by atoms with Crippen molar-refractivity contribution in [2.75, 3.05) is 0 Å². The molecule has 0 saturated heterocycles. The lowest BCUT2D eigenvalue weighted by Gasteiger charge is -2.36. The summed E-state index contributed by atoms with van der Waals surface area (Å²) in [6.07, 6.45) is 10.4. The van der Waals surface area contributed by atoms with Crippen LogP contribution in [-0.4, -0.2) is 15.8 Å². The summed E-state index contributed by atoms with van der Waals surface area (Å²) < 4.78 is 0. The van der Waals surface area contributed by atoms with E-state index in [2.05, 4.69) is 93.1 Å². The lowest BCUT2D eigenvalue weighted by Crippen LogP contribution is -2.27. The zero-order chi connectivity index (χ0) is 24.6. The summed E-state index contributed by atoms with van der Waals surface area (Å²) in [4.78, 5) is 20.2. The van der Waals surface area contributed by atoms with E-state index in [1.54, 1.807) is 12.5 Å². The number of aromatic amines is 1. The zero-order valence-corrected chi connectivity index (χ0v) is 21.7. The number of H-pyrrole nitrogens is 1. The minimum atomic E-state index is 0.0438. The molecule has 0 spiro atoms. The summed E-state index contributed by atoms with van der Waals surface area (Å²) in [5.74, 6) is 1.13. The molecule has 2 atom stereocenters. The third-order valence-corrected chi connectivity index (χ3v) is 7.32. The number of hydrogen-bond acceptors (Lipinski definition) is 2. The Labute approximate surface area is 206 Å². The largest absolute Gasteiger partial charge is 0.342 e. The maximum Gasteiger partial charge on any atom is 0.184 e. The fourth-order valence-electron chi connectivity index (χ4n) is 5.35. The Morgan fingerprint density at radius 2 is 1.82 bits per heavy atom. The zero-order valence-electron chi connectivity index (χ0n) is 21.7. The fraction of sp³-hybridized carbons (Fsp3) is 0.484. The first-order valence-corrected chi connectivity index (χ1v) is 13.1. The molecular formula is C31H42N2O. The molecule has 182 valence electrons. The normalized spacial score (nSPS) is 14.2. The van der Waals surface area contributed by atoms with E-state index in [4.69, 9.17) is 0 Å². The summed E-state index contributed by atoms with van der Waals surface area (Å²) >= 11 is 0. The summed E-state index contributed by atoms with van der Waals surface area (Å²) in [7, 11) is 0. The van der Waals surface area contributed by atoms with Crippen molar-refractivity contribution < 1.29 is 4.79 Å². The summed E-state index contributed by atoms with van der Waals surface area (Å²) in [5, 5.41) is 0. The molecule has 3 aromatic rings. The number of carbonyl (C=O) groups excluding carboxylic acids is 1. The van der Waals surface area contributed by atoms with Gasteiger partial charge in [0.15, 0.2) is 5.78 Å². The molecule has 0 bridgehead atoms. The van der Waals surface area contributed by atoms with Crippen LogP contribution in [-0.2, 0) is 18.3 Å². The number of nitrogens with zero attached hydrogens (tertiary/aromatic N) is 1. The molecule has 0 fully saturated rings. The number of unbranched alkanes of at least 4 members (excludes halogenated alkanes) is 1. The minimum absolute atomic E-state index is 0.0438. The van der Waals surface area contributed by atoms with Crippen LogP contribution in [0.15, 0.2) is 61.1 Å². The van der Waals surface area contributed by atoms with E-state index in [1.165, 1.54) is 35.1 Å². The lowest BCUT2D eigenvalue weighted by atomic mass is 9.68. The molecule has 3 rings (SSSR count). The molecule has 0 aliphatic rings. The third-order valence-electron chi connectivity index (χ3n) is 7.32. The van der Waals surface area contributed by atoms with Gasteiger partial charge in [-0.2, -0.15) is 0 Å². The van der Waals surface area contributed by atoms with Gasteiger partial charge in [0.1, 0.15) is 5.69 Å². The van der Waals surface area contributed by atoms with E-state index in [9.17, 15) is 4.79 Å². The highest BCUT2D eigenvalue weighted by atomic mass is 16.1. The molecule has 0 aliphatic heterocycles. The molecule has 3 nitrogen and oxygen atoms in total. The van der Waals surface area contributed by atoms with Crippen LogP contribution in [0.4, 0.5) is 0 Å². The van der Waals surface area contributed by atoms with Crippen LogP contribution >= 0.6 is 0 Å². The number of ketones is 1. The molecule has 0 radical (unpaired) electrons. The number of carbonyl (C=O) groups is 1. The molecule has 3 heteroatoms. The van der Waals surface area contributed by atoms with E-state index < -0.39 is 0 Å². The van der Waals surface area contributed by atoms with Crippen LogP contribution < -0.4 is 0 Å². The van der Waals surface area contributed by atoms with Gasteiger partial charge in [0.2, 0.25) is 0 Å². The number of rotatable bonds is 13. The second-order valence-corrected chi connectivity index (χ2v) is 10.5. The van der Waals surface area contributed by atoms with Crippen LogP contribution in [0, 0.1) is 5.92 Å². The molecule has 34 heavy (non-hydrogen) atoms. The third kappa shape index (κ3) is 6.46. The van der Waals surface area contributed by atoms with E-state index in [0.29, 0.717) is 24.0 Å². The van der Waals surface area contributed by atoms with E-state index in [-0.39, 0.29) is 11.2 Å². The SMILES string of the molecule is CCCCC(C)(CC)c1c(CC(=O)c2cnc[nH]2)cccc1C(Cc1ccccc1)CC(C)C. The predicted molar refractivity (Wildman–Crippen MR) is 143 cm³/mol. The summed E-state index contributed by atoms with van der Waals surface area (Å²) in [6, 6.07) is 17.6. The molecule has 0 aliphatic carbocycles. The van der Waals surface area contributed by atoms with Gasteiger partial charge in [0.05, 0.1) is 12.5 Å². The van der Waals surface area contributed by atoms with Crippen LogP contribution in [0.2, 0.25) is 0 Å². The molecule has 1 heterocycles. The predicted octanol–water partition coefficient (Wildman–Crippen LogP) is 8.07. The highest BCUT2D eigenvalue weighted by Gasteiger charge is 2.32. The summed E-state index contributed by atoms with van der Waals surface area (Å²) in [5.41, 5.74) is 6.05. The molecule has 2 aromatic carbocycles. The smallest absolute Gasteiger partial charge is 0.184 e. The number of benzene rings is 2. The van der Waals surface area contributed by atoms with Gasteiger partial charge in [-0.3, -0.25) is 4.79 Å². The standard InChI is InChI=1S/C31H42N2O/c1-6-8-17-31(5,7-2)30-25(20-29(34)28-21-32-22-33-28)15-12-16-27(30)26(18-23(3)4)19-24-13-10-9-11-14-24/h9-16,21-23,26H,6-8,17-20H2,1-5H3,(H,32,33). The Balaban J connectivity index is 2.12. The Bertz CT molecular complexity index is 1020. The molecular weight excluding hydrogens is 416 g/mol. The van der Waals surface area contributed by atoms with Gasteiger partial charge in [-0.15, -0.1) is 0 Å². The second kappa shape index (κ2) is 12.1. The fourth-order valence-corrected chi connectivity index (χ4v) is 5.35. The van der Waals surface area contributed by atoms with Gasteiger partial charge in [-0.05, 0) is 65.2 Å². The lowest BCUT2D eigenvalue weighted by molar-refractivity contribution is 0.0988. The maximum atomic E-state index is 13.1. The first-order valence-electron chi connectivity index (χ1n) is 13.1. The van der Waals surface area contributed by atoms with Gasteiger partial charge in [-0.25, -0.2) is 4.98 Å². The highest BCUT2D eigenvalue weighted by molar-refractivity contribution is 5.95. The number of nitrogens with one attached hydrogen (secondary N) is 1. The van der Waals surface area contributed by atoms with Gasteiger partial charge in [0, 0.05) is 6.42 Å². The van der Waals surface area contributed by atoms with Crippen molar-refractivity contribution in [3.63, 3.8) is 0 Å². The monoisotopic (exact) mass is 458 g/mol. The second-order valence-electron chi connectivity index (χ2n) is 10.5. The van der Waals surface area contributed by atoms with E-state index in [1.807, 2.05) is 0 Å². The van der Waals surface area contributed by atoms with Crippen molar-refractivity contribution in [2.45, 2.75) is 90.9 Å². The first kappa shape index (κ1) is 25.9. The Hall–Kier alpha value is -2.68. The average Bonchev–Trinajstić information content (AvgIpc) is 3.38. The Kier molecular flexibility index (Phi) is 9.27. The van der Waals surface area contributed by atoms with Crippen molar-refractivity contribution in [1.82, 2.24) is 9.97 Å². The van der Waals surface area contributed by atoms with Crippen LogP contribution in [0.5, 0.6) is 0 Å². The quantitative estimate of drug-likeness (QED) is 0.263. The van der Waals surface area contributed by atoms with Crippen molar-refractivity contribution in [3.8, 4) is 0 Å². The van der Waals surface area contributed by atoms with Gasteiger partial charge < -0.3 is 4.98 Å². The van der Waals surface area contributed by atoms with E-state index in [0.717, 1.165) is 25.7 Å². The average molecular weight is 459 g/mol. The molecule has 1 N–H and O–H groups in total. The topological polar surface area (TPSA) is 45.8 Å². The summed E-state index contributed by atoms with van der Waals surface area (Å²) in [6.45, 7) is 11.6. The van der Waals surface area contributed by atoms with Crippen LogP contribution in [0.1, 0.15) is 105 Å². The van der Waals surface area contributed by atoms with Crippen LogP contribution in [0.3, 0.4) is 0 Å². The number of hydrogen-bond donors (Lipinski definition) is 1. The number of imidazole rings is 1. The number of Topliss-reactive ketones (excluding diaryl/α,β-unsaturated/α-hetero) is 1. The van der Waals surface area contributed by atoms with Gasteiger partial charge in [-0.1, -0.05) is 96.0 Å². The minimum Gasteiger partial charge on any atom is -0.342 e. The van der Waals surface area contributed by atoms with Crippen molar-refractivity contribution >= 4 is 5.78 Å². The van der Waals surface area contributed by atoms with Crippen molar-refractivity contribution in [2.24, 2.45) is 5.92 Å². The van der Waals surface area contributed by atoms with E-state index >= 15 is 0 Å². The van der Waals surface area contributed by atoms with Crippen LogP contribution in [0.25, 0.3) is 0 Å². The highest BCUT2D eigenvalue weighted by Crippen LogP contribution is 2.42. The Morgan fingerprint density at radius 1 is 1.06 bits per heavy atom. The maximum absolute atomic E-state index is 13.1. The molecule has 0 amide bonds. The van der Waals surface area contributed by atoms with Gasteiger partial charge in [0.25, 0.3) is 0 Å². The molecule has 0 saturated carbocycles.